The number of aliphatic hydroxyl groups excluding tert-OH is 1. The van der Waals surface area contributed by atoms with E-state index >= 15 is 0 Å². The highest BCUT2D eigenvalue weighted by Crippen LogP contribution is 2.23. The number of aliphatic hydroxyl groups is 1. The van der Waals surface area contributed by atoms with Crippen molar-refractivity contribution in [3.05, 3.63) is 47.2 Å². The van der Waals surface area contributed by atoms with Gasteiger partial charge in [-0.2, -0.15) is 0 Å². The van der Waals surface area contributed by atoms with Crippen LogP contribution in [0.1, 0.15) is 32.8 Å². The molecule has 0 aliphatic heterocycles. The number of rotatable bonds is 8. The fourth-order valence-electron chi connectivity index (χ4n) is 2.22. The Morgan fingerprint density at radius 1 is 1.14 bits per heavy atom. The quantitative estimate of drug-likeness (QED) is 0.697. The first-order valence-corrected chi connectivity index (χ1v) is 11.7. The van der Waals surface area contributed by atoms with E-state index in [1.165, 1.54) is 10.8 Å². The lowest BCUT2D eigenvalue weighted by molar-refractivity contribution is 0.0828. The Morgan fingerprint density at radius 3 is 2.23 bits per heavy atom. The predicted octanol–water partition coefficient (Wildman–Crippen LogP) is 4.80. The van der Waals surface area contributed by atoms with Crippen LogP contribution in [0.4, 0.5) is 0 Å². The van der Waals surface area contributed by atoms with E-state index in [9.17, 15) is 5.11 Å². The van der Waals surface area contributed by atoms with Crippen LogP contribution in [-0.2, 0) is 11.3 Å². The zero-order valence-corrected chi connectivity index (χ0v) is 16.0. The van der Waals surface area contributed by atoms with Crippen molar-refractivity contribution < 1.29 is 9.84 Å². The molecule has 0 radical (unpaired) electrons. The maximum absolute atomic E-state index is 10.2. The molecular weight excluding hydrogens is 288 g/mol. The second-order valence-corrected chi connectivity index (χ2v) is 12.6. The van der Waals surface area contributed by atoms with Gasteiger partial charge in [0.2, 0.25) is 0 Å². The van der Waals surface area contributed by atoms with E-state index < -0.39 is 8.07 Å². The molecule has 0 amide bonds. The first-order valence-electron chi connectivity index (χ1n) is 8.25. The third-order valence-electron chi connectivity index (χ3n) is 3.95. The minimum atomic E-state index is -1.45. The summed E-state index contributed by atoms with van der Waals surface area (Å²) in [5.41, 5.74) is 1.19. The summed E-state index contributed by atoms with van der Waals surface area (Å²) in [5.74, 6) is 0.292. The maximum atomic E-state index is 10.2. The Balaban J connectivity index is 2.70. The first-order chi connectivity index (χ1) is 10.2. The Hall–Kier alpha value is -0.903. The van der Waals surface area contributed by atoms with E-state index in [2.05, 4.69) is 58.6 Å². The molecule has 2 atom stereocenters. The van der Waals surface area contributed by atoms with Crippen LogP contribution in [0.2, 0.25) is 19.6 Å². The van der Waals surface area contributed by atoms with Gasteiger partial charge in [0.1, 0.15) is 0 Å². The molecule has 1 N–H and O–H groups in total. The summed E-state index contributed by atoms with van der Waals surface area (Å²) in [4.78, 5) is 0. The Kier molecular flexibility index (Phi) is 7.53. The topological polar surface area (TPSA) is 29.5 Å². The fourth-order valence-corrected chi connectivity index (χ4v) is 3.77. The van der Waals surface area contributed by atoms with Gasteiger partial charge in [-0.3, -0.25) is 0 Å². The van der Waals surface area contributed by atoms with Crippen LogP contribution in [0.5, 0.6) is 0 Å². The van der Waals surface area contributed by atoms with Crippen LogP contribution in [0, 0.1) is 5.92 Å². The molecule has 0 fully saturated rings. The van der Waals surface area contributed by atoms with Gasteiger partial charge >= 0.3 is 0 Å². The highest BCUT2D eigenvalue weighted by molar-refractivity contribution is 6.83. The van der Waals surface area contributed by atoms with Gasteiger partial charge < -0.3 is 9.84 Å². The zero-order valence-electron chi connectivity index (χ0n) is 15.0. The van der Waals surface area contributed by atoms with Gasteiger partial charge in [-0.1, -0.05) is 75.1 Å². The maximum Gasteiger partial charge on any atom is 0.0731 e. The summed E-state index contributed by atoms with van der Waals surface area (Å²) in [5, 5.41) is 11.6. The average molecular weight is 321 g/mol. The molecule has 0 saturated carbocycles. The van der Waals surface area contributed by atoms with E-state index in [0.29, 0.717) is 12.5 Å². The molecule has 0 aliphatic rings. The first kappa shape index (κ1) is 19.1. The third kappa shape index (κ3) is 6.90. The van der Waals surface area contributed by atoms with Gasteiger partial charge in [-0.15, -0.1) is 0 Å². The second kappa shape index (κ2) is 8.66. The smallest absolute Gasteiger partial charge is 0.0731 e. The minimum absolute atomic E-state index is 0.0706. The van der Waals surface area contributed by atoms with Gasteiger partial charge in [0.15, 0.2) is 0 Å². The lowest BCUT2D eigenvalue weighted by Gasteiger charge is -2.26. The molecule has 0 aliphatic carbocycles. The largest absolute Gasteiger partial charge is 0.393 e. The summed E-state index contributed by atoms with van der Waals surface area (Å²) >= 11 is 0. The van der Waals surface area contributed by atoms with Crippen LogP contribution in [0.15, 0.2) is 41.6 Å². The van der Waals surface area contributed by atoms with Crippen LogP contribution >= 0.6 is 0 Å². The van der Waals surface area contributed by atoms with Crippen molar-refractivity contribution in [2.24, 2.45) is 5.92 Å². The monoisotopic (exact) mass is 320 g/mol. The van der Waals surface area contributed by atoms with Gasteiger partial charge in [0.05, 0.1) is 26.9 Å². The van der Waals surface area contributed by atoms with E-state index in [-0.39, 0.29) is 12.2 Å². The van der Waals surface area contributed by atoms with Crippen LogP contribution in [-0.4, -0.2) is 25.4 Å². The lowest BCUT2D eigenvalue weighted by Crippen LogP contribution is -2.30. The van der Waals surface area contributed by atoms with Gasteiger partial charge in [-0.25, -0.2) is 0 Å². The van der Waals surface area contributed by atoms with Crippen molar-refractivity contribution >= 4 is 8.07 Å². The second-order valence-electron chi connectivity index (χ2n) is 7.46. The van der Waals surface area contributed by atoms with E-state index in [0.717, 1.165) is 6.42 Å². The van der Waals surface area contributed by atoms with Crippen molar-refractivity contribution in [3.8, 4) is 0 Å². The molecule has 0 saturated heterocycles. The molecule has 3 heteroatoms. The normalized spacial score (nSPS) is 15.9. The molecule has 124 valence electrons. The van der Waals surface area contributed by atoms with Gasteiger partial charge in [-0.05, 0) is 24.8 Å². The molecule has 0 aromatic heterocycles. The van der Waals surface area contributed by atoms with Crippen LogP contribution in [0.25, 0.3) is 0 Å². The van der Waals surface area contributed by atoms with E-state index in [4.69, 9.17) is 4.74 Å². The summed E-state index contributed by atoms with van der Waals surface area (Å²) < 4.78 is 5.96. The summed E-state index contributed by atoms with van der Waals surface area (Å²) in [7, 11) is -1.45. The molecule has 1 aromatic rings. The fraction of sp³-hybridized carbons (Fsp3) is 0.579. The van der Waals surface area contributed by atoms with Crippen molar-refractivity contribution in [1.29, 1.82) is 0 Å². The molecular formula is C19H32O2Si. The zero-order chi connectivity index (χ0) is 16.8. The van der Waals surface area contributed by atoms with Gasteiger partial charge in [0.25, 0.3) is 0 Å². The number of benzene rings is 1. The molecule has 22 heavy (non-hydrogen) atoms. The molecule has 2 nitrogen and oxygen atoms in total. The highest BCUT2D eigenvalue weighted by atomic mass is 28.3. The van der Waals surface area contributed by atoms with Crippen molar-refractivity contribution in [2.75, 3.05) is 0 Å². The van der Waals surface area contributed by atoms with Crippen LogP contribution in [0.3, 0.4) is 0 Å². The Morgan fingerprint density at radius 2 is 1.73 bits per heavy atom. The Labute approximate surface area is 137 Å². The molecule has 0 heterocycles. The summed E-state index contributed by atoms with van der Waals surface area (Å²) in [6.45, 7) is 13.8. The molecule has 1 aromatic carbocycles. The Bertz CT molecular complexity index is 460. The molecule has 0 spiro atoms. The lowest BCUT2D eigenvalue weighted by atomic mass is 10.0. The minimum Gasteiger partial charge on any atom is -0.393 e. The number of hydrogen-bond acceptors (Lipinski definition) is 2. The molecule has 0 bridgehead atoms. The highest BCUT2D eigenvalue weighted by Gasteiger charge is 2.24. The van der Waals surface area contributed by atoms with Crippen molar-refractivity contribution in [3.63, 3.8) is 0 Å². The molecule has 1 rings (SSSR count). The van der Waals surface area contributed by atoms with Crippen LogP contribution < -0.4 is 0 Å². The summed E-state index contributed by atoms with van der Waals surface area (Å²) in [6, 6.07) is 10.2. The number of ether oxygens (including phenoxy) is 1. The number of hydrogen-bond donors (Lipinski definition) is 1. The average Bonchev–Trinajstić information content (AvgIpc) is 2.44. The SMILES string of the molecule is CC(C)[C@H](O)C/C(=C\[C@H](C)OCc1ccccc1)[Si](C)(C)C. The summed E-state index contributed by atoms with van der Waals surface area (Å²) in [6.07, 6.45) is 2.81. The van der Waals surface area contributed by atoms with Crippen molar-refractivity contribution in [1.82, 2.24) is 0 Å². The van der Waals surface area contributed by atoms with Crippen molar-refractivity contribution in [2.45, 2.75) is 65.6 Å². The predicted molar refractivity (Wildman–Crippen MR) is 97.6 cm³/mol. The van der Waals surface area contributed by atoms with E-state index in [1.54, 1.807) is 0 Å². The standard InChI is InChI=1S/C19H32O2Si/c1-15(2)19(20)13-18(22(4,5)6)12-16(3)21-14-17-10-8-7-9-11-17/h7-12,15-16,19-20H,13-14H2,1-6H3/b18-12+/t16-,19+/m0/s1. The van der Waals surface area contributed by atoms with E-state index in [1.807, 2.05) is 18.2 Å². The third-order valence-corrected chi connectivity index (χ3v) is 6.25. The van der Waals surface area contributed by atoms with Gasteiger partial charge in [0, 0.05) is 0 Å². The molecule has 0 unspecified atom stereocenters.